The average Bonchev–Trinajstić information content (AvgIpc) is 2.90. The van der Waals surface area contributed by atoms with E-state index in [4.69, 9.17) is 10.3 Å². The second kappa shape index (κ2) is 5.23. The zero-order valence-corrected chi connectivity index (χ0v) is 12.7. The van der Waals surface area contributed by atoms with Crippen molar-refractivity contribution in [3.05, 3.63) is 11.7 Å². The second-order valence-electron chi connectivity index (χ2n) is 7.25. The van der Waals surface area contributed by atoms with E-state index in [1.807, 2.05) is 0 Å². The van der Waals surface area contributed by atoms with Crippen LogP contribution in [0.2, 0.25) is 0 Å². The van der Waals surface area contributed by atoms with Gasteiger partial charge >= 0.3 is 0 Å². The molecule has 1 atom stereocenters. The van der Waals surface area contributed by atoms with E-state index in [1.54, 1.807) is 0 Å². The standard InChI is InChI=1S/C15H27N3O/c1-14(2,3)11(7-10-16)5-6-12-17-13(18-19-12)15(4)8-9-15/h11H,5-10,16H2,1-4H3. The third kappa shape index (κ3) is 3.56. The summed E-state index contributed by atoms with van der Waals surface area (Å²) in [6.07, 6.45) is 5.36. The summed E-state index contributed by atoms with van der Waals surface area (Å²) in [5.74, 6) is 2.28. The summed E-state index contributed by atoms with van der Waals surface area (Å²) < 4.78 is 5.38. The lowest BCUT2D eigenvalue weighted by Crippen LogP contribution is -2.24. The molecule has 2 N–H and O–H groups in total. The van der Waals surface area contributed by atoms with Crippen molar-refractivity contribution in [3.63, 3.8) is 0 Å². The van der Waals surface area contributed by atoms with Crippen LogP contribution in [0.15, 0.2) is 4.52 Å². The molecule has 4 nitrogen and oxygen atoms in total. The molecule has 0 amide bonds. The highest BCUT2D eigenvalue weighted by atomic mass is 16.5. The van der Waals surface area contributed by atoms with E-state index >= 15 is 0 Å². The molecular formula is C15H27N3O. The number of aryl methyl sites for hydroxylation is 1. The molecule has 1 aromatic heterocycles. The van der Waals surface area contributed by atoms with Crippen LogP contribution in [0.3, 0.4) is 0 Å². The van der Waals surface area contributed by atoms with Gasteiger partial charge in [0.15, 0.2) is 5.82 Å². The molecule has 1 fully saturated rings. The van der Waals surface area contributed by atoms with E-state index < -0.39 is 0 Å². The third-order valence-corrected chi connectivity index (χ3v) is 4.45. The van der Waals surface area contributed by atoms with Gasteiger partial charge in [-0.25, -0.2) is 0 Å². The van der Waals surface area contributed by atoms with Gasteiger partial charge in [-0.3, -0.25) is 0 Å². The predicted molar refractivity (Wildman–Crippen MR) is 75.8 cm³/mol. The van der Waals surface area contributed by atoms with Gasteiger partial charge in [0.05, 0.1) is 0 Å². The molecule has 1 heterocycles. The van der Waals surface area contributed by atoms with Crippen molar-refractivity contribution in [1.29, 1.82) is 0 Å². The van der Waals surface area contributed by atoms with Crippen LogP contribution in [-0.2, 0) is 11.8 Å². The summed E-state index contributed by atoms with van der Waals surface area (Å²) in [4.78, 5) is 4.55. The van der Waals surface area contributed by atoms with Gasteiger partial charge in [0.2, 0.25) is 5.89 Å². The van der Waals surface area contributed by atoms with Crippen molar-refractivity contribution in [2.24, 2.45) is 17.1 Å². The van der Waals surface area contributed by atoms with Gasteiger partial charge in [-0.1, -0.05) is 32.9 Å². The topological polar surface area (TPSA) is 64.9 Å². The van der Waals surface area contributed by atoms with Gasteiger partial charge in [0.1, 0.15) is 0 Å². The van der Waals surface area contributed by atoms with Gasteiger partial charge in [0, 0.05) is 11.8 Å². The molecule has 1 aliphatic rings. The lowest BCUT2D eigenvalue weighted by atomic mass is 9.76. The maximum Gasteiger partial charge on any atom is 0.226 e. The van der Waals surface area contributed by atoms with E-state index in [2.05, 4.69) is 37.8 Å². The number of aromatic nitrogens is 2. The van der Waals surface area contributed by atoms with Gasteiger partial charge in [-0.2, -0.15) is 4.98 Å². The summed E-state index contributed by atoms with van der Waals surface area (Å²) in [5, 5.41) is 4.13. The van der Waals surface area contributed by atoms with Crippen molar-refractivity contribution < 1.29 is 4.52 Å². The maximum absolute atomic E-state index is 5.71. The number of hydrogen-bond donors (Lipinski definition) is 1. The summed E-state index contributed by atoms with van der Waals surface area (Å²) >= 11 is 0. The second-order valence-corrected chi connectivity index (χ2v) is 7.25. The molecule has 0 aliphatic heterocycles. The highest BCUT2D eigenvalue weighted by Crippen LogP contribution is 2.46. The Morgan fingerprint density at radius 2 is 2.00 bits per heavy atom. The first-order chi connectivity index (χ1) is 8.85. The zero-order chi connectivity index (χ0) is 14.1. The Morgan fingerprint density at radius 1 is 1.32 bits per heavy atom. The van der Waals surface area contributed by atoms with Gasteiger partial charge in [-0.15, -0.1) is 0 Å². The molecule has 2 rings (SSSR count). The molecule has 0 radical (unpaired) electrons. The fraction of sp³-hybridized carbons (Fsp3) is 0.867. The molecule has 1 aromatic rings. The molecule has 0 spiro atoms. The third-order valence-electron chi connectivity index (χ3n) is 4.45. The molecule has 1 unspecified atom stereocenters. The van der Waals surface area contributed by atoms with Crippen molar-refractivity contribution in [3.8, 4) is 0 Å². The molecule has 1 aliphatic carbocycles. The largest absolute Gasteiger partial charge is 0.339 e. The first-order valence-corrected chi connectivity index (χ1v) is 7.38. The molecule has 108 valence electrons. The van der Waals surface area contributed by atoms with Crippen molar-refractivity contribution in [1.82, 2.24) is 10.1 Å². The van der Waals surface area contributed by atoms with Crippen LogP contribution in [0.5, 0.6) is 0 Å². The van der Waals surface area contributed by atoms with Crippen LogP contribution >= 0.6 is 0 Å². The highest BCUT2D eigenvalue weighted by Gasteiger charge is 2.43. The van der Waals surface area contributed by atoms with Crippen LogP contribution in [-0.4, -0.2) is 16.7 Å². The smallest absolute Gasteiger partial charge is 0.226 e. The molecule has 0 bridgehead atoms. The minimum absolute atomic E-state index is 0.197. The Kier molecular flexibility index (Phi) is 4.00. The number of rotatable bonds is 6. The molecular weight excluding hydrogens is 238 g/mol. The van der Waals surface area contributed by atoms with Gasteiger partial charge < -0.3 is 10.3 Å². The van der Waals surface area contributed by atoms with Gasteiger partial charge in [-0.05, 0) is 43.6 Å². The number of hydrogen-bond acceptors (Lipinski definition) is 4. The Morgan fingerprint density at radius 3 is 2.53 bits per heavy atom. The lowest BCUT2D eigenvalue weighted by molar-refractivity contribution is 0.208. The number of nitrogens with two attached hydrogens (primary N) is 1. The van der Waals surface area contributed by atoms with E-state index in [0.29, 0.717) is 5.92 Å². The summed E-state index contributed by atoms with van der Waals surface area (Å²) in [6, 6.07) is 0. The minimum Gasteiger partial charge on any atom is -0.339 e. The highest BCUT2D eigenvalue weighted by molar-refractivity contribution is 5.14. The van der Waals surface area contributed by atoms with Crippen molar-refractivity contribution in [2.75, 3.05) is 6.54 Å². The van der Waals surface area contributed by atoms with Crippen LogP contribution in [0.25, 0.3) is 0 Å². The van der Waals surface area contributed by atoms with Crippen LogP contribution in [0.4, 0.5) is 0 Å². The molecule has 0 aromatic carbocycles. The average molecular weight is 265 g/mol. The fourth-order valence-corrected chi connectivity index (χ4v) is 2.52. The van der Waals surface area contributed by atoms with E-state index in [9.17, 15) is 0 Å². The van der Waals surface area contributed by atoms with E-state index in [0.717, 1.165) is 37.5 Å². The molecule has 19 heavy (non-hydrogen) atoms. The Labute approximate surface area is 116 Å². The van der Waals surface area contributed by atoms with E-state index in [1.165, 1.54) is 12.8 Å². The Hall–Kier alpha value is -0.900. The molecule has 0 saturated heterocycles. The minimum atomic E-state index is 0.197. The van der Waals surface area contributed by atoms with E-state index in [-0.39, 0.29) is 10.8 Å². The van der Waals surface area contributed by atoms with Crippen LogP contribution in [0, 0.1) is 11.3 Å². The SMILES string of the molecule is CC1(c2noc(CCC(CCN)C(C)(C)C)n2)CC1. The summed E-state index contributed by atoms with van der Waals surface area (Å²) in [5.41, 5.74) is 6.19. The maximum atomic E-state index is 5.71. The Balaban J connectivity index is 1.91. The summed E-state index contributed by atoms with van der Waals surface area (Å²) in [6.45, 7) is 9.77. The Bertz CT molecular complexity index is 415. The zero-order valence-electron chi connectivity index (χ0n) is 12.7. The van der Waals surface area contributed by atoms with Crippen molar-refractivity contribution >= 4 is 0 Å². The molecule has 1 saturated carbocycles. The van der Waals surface area contributed by atoms with Crippen LogP contribution in [0.1, 0.15) is 65.1 Å². The normalized spacial score (nSPS) is 19.4. The number of nitrogens with zero attached hydrogens (tertiary/aromatic N) is 2. The lowest BCUT2D eigenvalue weighted by Gasteiger charge is -2.30. The predicted octanol–water partition coefficient (Wildman–Crippen LogP) is 3.06. The van der Waals surface area contributed by atoms with Crippen molar-refractivity contribution in [2.45, 2.75) is 65.2 Å². The molecule has 4 heteroatoms. The quantitative estimate of drug-likeness (QED) is 0.858. The first kappa shape index (κ1) is 14.5. The van der Waals surface area contributed by atoms with Crippen LogP contribution < -0.4 is 5.73 Å². The summed E-state index contributed by atoms with van der Waals surface area (Å²) in [7, 11) is 0. The van der Waals surface area contributed by atoms with Gasteiger partial charge in [0.25, 0.3) is 0 Å². The first-order valence-electron chi connectivity index (χ1n) is 7.38. The fourth-order valence-electron chi connectivity index (χ4n) is 2.52. The monoisotopic (exact) mass is 265 g/mol.